The Hall–Kier alpha value is -6.75. The molecule has 0 N–H and O–H groups in total. The van der Waals surface area contributed by atoms with Crippen molar-refractivity contribution in [2.75, 3.05) is 17.9 Å². The van der Waals surface area contributed by atoms with Crippen LogP contribution in [0.5, 0.6) is 11.5 Å². The van der Waals surface area contributed by atoms with E-state index in [1.165, 1.54) is 27.3 Å². The van der Waals surface area contributed by atoms with Crippen molar-refractivity contribution >= 4 is 38.5 Å². The van der Waals surface area contributed by atoms with Gasteiger partial charge in [0.25, 0.3) is 6.33 Å². The van der Waals surface area contributed by atoms with Crippen molar-refractivity contribution in [3.8, 4) is 50.9 Å². The van der Waals surface area contributed by atoms with E-state index >= 15 is 0 Å². The van der Waals surface area contributed by atoms with E-state index in [0.717, 1.165) is 34.0 Å². The average molecular weight is 1030 g/mol. The minimum Gasteiger partial charge on any atom is -0.510 e. The van der Waals surface area contributed by atoms with Crippen LogP contribution in [0.1, 0.15) is 72.9 Å². The van der Waals surface area contributed by atoms with E-state index in [0.29, 0.717) is 11.3 Å². The summed E-state index contributed by atoms with van der Waals surface area (Å²) in [5.41, 5.74) is 0.831. The van der Waals surface area contributed by atoms with Gasteiger partial charge in [0.2, 0.25) is 0 Å². The Labute approximate surface area is 417 Å². The van der Waals surface area contributed by atoms with E-state index in [9.17, 15) is 5.48 Å². The third kappa shape index (κ3) is 7.60. The summed E-state index contributed by atoms with van der Waals surface area (Å²) in [4.78, 5) is 4.94. The van der Waals surface area contributed by atoms with Gasteiger partial charge >= 0.3 is 0 Å². The van der Waals surface area contributed by atoms with Crippen LogP contribution in [0.3, 0.4) is 0 Å². The number of rotatable bonds is 8. The quantitative estimate of drug-likeness (QED) is 0.112. The number of fused-ring (bicyclic) bond motifs is 4. The van der Waals surface area contributed by atoms with Gasteiger partial charge in [-0.25, -0.2) is 4.98 Å². The van der Waals surface area contributed by atoms with Crippen molar-refractivity contribution in [3.63, 3.8) is 0 Å². The molecule has 0 radical (unpaired) electrons. The van der Waals surface area contributed by atoms with Crippen molar-refractivity contribution in [3.05, 3.63) is 194 Å². The van der Waals surface area contributed by atoms with Crippen LogP contribution in [0.25, 0.3) is 72.3 Å². The summed E-state index contributed by atoms with van der Waals surface area (Å²) in [5.74, 6) is 0.297. The number of anilines is 1. The number of para-hydroxylation sites is 4. The summed E-state index contributed by atoms with van der Waals surface area (Å²) in [6, 6.07) is 27.7. The molecule has 0 aliphatic carbocycles. The molecule has 0 spiro atoms. The fourth-order valence-corrected chi connectivity index (χ4v) is 7.83. The second-order valence-electron chi connectivity index (χ2n) is 15.7. The molecule has 0 saturated carbocycles. The van der Waals surface area contributed by atoms with Gasteiger partial charge in [-0.1, -0.05) is 153 Å². The summed E-state index contributed by atoms with van der Waals surface area (Å²) in [5, 5.41) is 1.61. The number of aromatic nitrogens is 4. The molecule has 6 nitrogen and oxygen atoms in total. The van der Waals surface area contributed by atoms with E-state index in [1.807, 2.05) is 41.0 Å². The Morgan fingerprint density at radius 3 is 2.09 bits per heavy atom. The Balaban J connectivity index is 0.00000786. The maximum atomic E-state index is 9.24. The number of imidazole rings is 1. The van der Waals surface area contributed by atoms with Crippen LogP contribution >= 0.6 is 0 Å². The third-order valence-corrected chi connectivity index (χ3v) is 10.8. The van der Waals surface area contributed by atoms with Gasteiger partial charge in [0.15, 0.2) is 0 Å². The van der Waals surface area contributed by atoms with Gasteiger partial charge in [-0.05, 0) is 81.6 Å². The van der Waals surface area contributed by atoms with E-state index in [2.05, 4.69) is 39.2 Å². The number of hydrogen-bond acceptors (Lipinski definition) is 3. The van der Waals surface area contributed by atoms with Gasteiger partial charge in [0, 0.05) is 71.0 Å². The number of nitrogens with zero attached hydrogens (tertiary/aromatic N) is 5. The standard InChI is InChI=1S/C57H47N5O.Pt/c1-57(2,3)42-30-31-58-55(34-42)62-51-25-12-11-22-49(51)50-29-28-45(38-54(50)62)63-46-36-43(59-32-15-6-16-33-59)35-44(37-46)60-39-61(53-27-14-13-26-52(53)60)56-47(40-18-7-4-8-19-40)23-17-24-48(56)41-20-9-5-10-21-41;/h4-5,7-14,17-31,34-36H,6,15-16,32-33H2,1-3H3;/q-2;/i4D,5D,6D2,7D,8D,9D,10D,15D2,16D2,18D,19D,20D,21D,32D2,33D2;. The first-order valence-corrected chi connectivity index (χ1v) is 20.0. The predicted octanol–water partition coefficient (Wildman–Crippen LogP) is 13.2. The summed E-state index contributed by atoms with van der Waals surface area (Å²) in [6.07, 6.45) is -6.35. The number of piperidine rings is 1. The van der Waals surface area contributed by atoms with E-state index in [1.54, 1.807) is 42.6 Å². The smallest absolute Gasteiger partial charge is 0.268 e. The predicted molar refractivity (Wildman–Crippen MR) is 256 cm³/mol. The molecule has 4 heterocycles. The molecule has 3 aromatic heterocycles. The molecule has 1 aliphatic heterocycles. The molecule has 318 valence electrons. The normalized spacial score (nSPS) is 21.5. The molecule has 64 heavy (non-hydrogen) atoms. The number of pyridine rings is 1. The summed E-state index contributed by atoms with van der Waals surface area (Å²) in [7, 11) is 0. The molecule has 7 aromatic carbocycles. The zero-order valence-corrected chi connectivity index (χ0v) is 36.6. The number of benzene rings is 7. The van der Waals surface area contributed by atoms with E-state index < -0.39 is 98.2 Å². The Kier molecular flexibility index (Phi) is 6.50. The largest absolute Gasteiger partial charge is 0.510 e. The zero-order chi connectivity index (χ0) is 60.2. The third-order valence-electron chi connectivity index (χ3n) is 10.8. The topological polar surface area (TPSA) is 39.1 Å². The van der Waals surface area contributed by atoms with Crippen LogP contribution in [0.15, 0.2) is 170 Å². The maximum absolute atomic E-state index is 9.24. The van der Waals surface area contributed by atoms with Crippen LogP contribution < -0.4 is 14.2 Å². The molecular weight excluding hydrogens is 966 g/mol. The molecule has 0 bridgehead atoms. The first-order valence-electron chi connectivity index (χ1n) is 30.0. The zero-order valence-electron chi connectivity index (χ0n) is 54.4. The molecule has 0 amide bonds. The fraction of sp³-hybridized carbons (Fsp3) is 0.158. The Morgan fingerprint density at radius 2 is 1.38 bits per heavy atom. The summed E-state index contributed by atoms with van der Waals surface area (Å²) < 4.78 is 189. The van der Waals surface area contributed by atoms with Crippen LogP contribution in [-0.2, 0) is 26.5 Å². The van der Waals surface area contributed by atoms with Crippen molar-refractivity contribution in [1.82, 2.24) is 14.1 Å². The fourth-order valence-electron chi connectivity index (χ4n) is 7.83. The monoisotopic (exact) mass is 1030 g/mol. The SMILES string of the molecule is [2H]c1c([2H])c([2H])c(-c2cccc(-c3c([2H])c([2H])c([2H])c([2H])c3[2H])c2-[n+]2[c-]n(-c3[c-]c(Oc4[c-]c5c(cc4)c4ccccc4n5-c4cc(C(C)(C)C)ccn4)cc(N4C([2H])([2H])C([2H])([2H])C([2H])([2H])C([2H])([2H])C4([2H])[2H])c3)c3ccccc32)c([2H])c1[2H].[Pt]. The molecular formula is C57H47N5OPt-2. The molecule has 0 atom stereocenters. The van der Waals surface area contributed by atoms with Crippen molar-refractivity contribution in [1.29, 1.82) is 0 Å². The van der Waals surface area contributed by atoms with Gasteiger partial charge in [-0.15, -0.1) is 35.7 Å². The maximum Gasteiger partial charge on any atom is 0.268 e. The molecule has 1 aliphatic rings. The van der Waals surface area contributed by atoms with E-state index in [-0.39, 0.29) is 87.5 Å². The molecule has 1 fully saturated rings. The van der Waals surface area contributed by atoms with E-state index in [4.69, 9.17) is 31.7 Å². The van der Waals surface area contributed by atoms with Crippen LogP contribution in [0, 0.1) is 18.5 Å². The van der Waals surface area contributed by atoms with Crippen LogP contribution in [0.4, 0.5) is 5.69 Å². The minimum absolute atomic E-state index is 0. The van der Waals surface area contributed by atoms with Gasteiger partial charge in [0.1, 0.15) is 5.82 Å². The number of ether oxygens (including phenoxy) is 1. The van der Waals surface area contributed by atoms with Gasteiger partial charge < -0.3 is 18.8 Å². The van der Waals surface area contributed by atoms with Gasteiger partial charge in [-0.3, -0.25) is 4.57 Å². The second-order valence-corrected chi connectivity index (χ2v) is 15.7. The van der Waals surface area contributed by atoms with Crippen LogP contribution in [-0.4, -0.2) is 27.1 Å². The average Bonchev–Trinajstić information content (AvgIpc) is 0.859. The van der Waals surface area contributed by atoms with Crippen LogP contribution in [0.2, 0.25) is 0 Å². The first kappa shape index (κ1) is 24.3. The number of hydrogen-bond donors (Lipinski definition) is 0. The molecule has 1 saturated heterocycles. The molecule has 0 unspecified atom stereocenters. The van der Waals surface area contributed by atoms with Crippen molar-refractivity contribution in [2.45, 2.75) is 45.3 Å². The Bertz CT molecular complexity index is 4210. The second kappa shape index (κ2) is 17.1. The van der Waals surface area contributed by atoms with Gasteiger partial charge in [-0.2, -0.15) is 6.07 Å². The minimum atomic E-state index is -3.77. The van der Waals surface area contributed by atoms with Crippen molar-refractivity contribution in [2.24, 2.45) is 0 Å². The van der Waals surface area contributed by atoms with Crippen molar-refractivity contribution < 1.29 is 57.8 Å². The Morgan fingerprint density at radius 1 is 0.688 bits per heavy atom. The first-order chi connectivity index (χ1) is 38.8. The summed E-state index contributed by atoms with van der Waals surface area (Å²) in [6.45, 7) is -1.09. The molecule has 10 aromatic rings. The molecule has 11 rings (SSSR count). The molecule has 7 heteroatoms. The summed E-state index contributed by atoms with van der Waals surface area (Å²) >= 11 is 0. The van der Waals surface area contributed by atoms with Gasteiger partial charge in [0.05, 0.1) is 30.4 Å².